The lowest BCUT2D eigenvalue weighted by molar-refractivity contribution is 0.0697. The molecule has 2 heterocycles. The molecule has 1 N–H and O–H groups in total. The molecule has 0 radical (unpaired) electrons. The molecule has 5 nitrogen and oxygen atoms in total. The molecule has 126 valence electrons. The van der Waals surface area contributed by atoms with Gasteiger partial charge in [-0.25, -0.2) is 4.79 Å². The Bertz CT molecular complexity index is 713. The topological polar surface area (TPSA) is 66.3 Å². The Balaban J connectivity index is 1.72. The second kappa shape index (κ2) is 7.09. The summed E-state index contributed by atoms with van der Waals surface area (Å²) in [5.41, 5.74) is 2.44. The summed E-state index contributed by atoms with van der Waals surface area (Å²) in [6.45, 7) is 6.73. The van der Waals surface area contributed by atoms with E-state index in [1.54, 1.807) is 30.6 Å². The van der Waals surface area contributed by atoms with E-state index in [0.717, 1.165) is 25.2 Å². The third-order valence-electron chi connectivity index (χ3n) is 4.68. The fraction of sp³-hybridized carbons (Fsp3) is 0.421. The average Bonchev–Trinajstić information content (AvgIpc) is 3.04. The van der Waals surface area contributed by atoms with E-state index in [-0.39, 0.29) is 5.56 Å². The van der Waals surface area contributed by atoms with Crippen molar-refractivity contribution in [3.63, 3.8) is 0 Å². The van der Waals surface area contributed by atoms with E-state index in [0.29, 0.717) is 23.2 Å². The molecule has 1 aromatic heterocycles. The molecule has 1 fully saturated rings. The number of carboxylic acid groups (broad SMARTS) is 1. The number of benzene rings is 1. The van der Waals surface area contributed by atoms with Crippen LogP contribution >= 0.6 is 0 Å². The molecule has 1 aromatic carbocycles. The van der Waals surface area contributed by atoms with Gasteiger partial charge in [0.15, 0.2) is 0 Å². The van der Waals surface area contributed by atoms with Crippen LogP contribution in [0.5, 0.6) is 0 Å². The van der Waals surface area contributed by atoms with Gasteiger partial charge in [0.2, 0.25) is 0 Å². The summed E-state index contributed by atoms with van der Waals surface area (Å²) in [6.07, 6.45) is 5.60. The maximum absolute atomic E-state index is 11.3. The lowest BCUT2D eigenvalue weighted by atomic mass is 10.0. The number of aromatic nitrogens is 2. The highest BCUT2D eigenvalue weighted by Gasteiger charge is 2.24. The Kier molecular flexibility index (Phi) is 4.90. The van der Waals surface area contributed by atoms with Crippen molar-refractivity contribution in [2.45, 2.75) is 32.7 Å². The fourth-order valence-electron chi connectivity index (χ4n) is 3.29. The average molecular weight is 325 g/mol. The molecular formula is C19H23N3O2. The second-order valence-electron chi connectivity index (χ2n) is 6.69. The van der Waals surface area contributed by atoms with Crippen LogP contribution in [0.2, 0.25) is 0 Å². The van der Waals surface area contributed by atoms with Gasteiger partial charge < -0.3 is 10.0 Å². The summed E-state index contributed by atoms with van der Waals surface area (Å²) in [6, 6.07) is 7.48. The first kappa shape index (κ1) is 16.6. The maximum Gasteiger partial charge on any atom is 0.336 e. The smallest absolute Gasteiger partial charge is 0.336 e. The van der Waals surface area contributed by atoms with Gasteiger partial charge in [-0.3, -0.25) is 9.97 Å². The fourth-order valence-corrected chi connectivity index (χ4v) is 3.29. The monoisotopic (exact) mass is 325 g/mol. The third-order valence-corrected chi connectivity index (χ3v) is 4.68. The first-order valence-electron chi connectivity index (χ1n) is 8.42. The van der Waals surface area contributed by atoms with Crippen molar-refractivity contribution in [2.24, 2.45) is 5.92 Å². The Morgan fingerprint density at radius 2 is 2.08 bits per heavy atom. The summed E-state index contributed by atoms with van der Waals surface area (Å²) in [5.74, 6) is -0.324. The van der Waals surface area contributed by atoms with Crippen molar-refractivity contribution >= 4 is 5.97 Å². The van der Waals surface area contributed by atoms with Crippen LogP contribution in [0.4, 0.5) is 0 Å². The second-order valence-corrected chi connectivity index (χ2v) is 6.69. The molecular weight excluding hydrogens is 302 g/mol. The molecule has 0 amide bonds. The van der Waals surface area contributed by atoms with Crippen LogP contribution in [-0.4, -0.2) is 45.1 Å². The highest BCUT2D eigenvalue weighted by molar-refractivity contribution is 5.95. The van der Waals surface area contributed by atoms with Gasteiger partial charge in [-0.05, 0) is 45.2 Å². The zero-order chi connectivity index (χ0) is 17.1. The number of rotatable bonds is 5. The van der Waals surface area contributed by atoms with Crippen LogP contribution in [-0.2, 0) is 6.42 Å². The lowest BCUT2D eigenvalue weighted by Crippen LogP contribution is -2.28. The SMILES string of the molecule is CC(C)N1CCC(Cc2cnc(-c3ccccc3C(=O)O)cn2)C1. The van der Waals surface area contributed by atoms with Crippen LogP contribution in [0.25, 0.3) is 11.3 Å². The largest absolute Gasteiger partial charge is 0.478 e. The van der Waals surface area contributed by atoms with Crippen LogP contribution in [0.3, 0.4) is 0 Å². The van der Waals surface area contributed by atoms with Crippen LogP contribution < -0.4 is 0 Å². The van der Waals surface area contributed by atoms with Crippen molar-refractivity contribution in [2.75, 3.05) is 13.1 Å². The van der Waals surface area contributed by atoms with E-state index >= 15 is 0 Å². The minimum atomic E-state index is -0.948. The van der Waals surface area contributed by atoms with Gasteiger partial charge in [0.05, 0.1) is 23.1 Å². The van der Waals surface area contributed by atoms with Gasteiger partial charge in [-0.2, -0.15) is 0 Å². The Morgan fingerprint density at radius 3 is 2.71 bits per heavy atom. The van der Waals surface area contributed by atoms with Gasteiger partial charge in [-0.15, -0.1) is 0 Å². The number of aromatic carboxylic acids is 1. The number of nitrogens with zero attached hydrogens (tertiary/aromatic N) is 3. The van der Waals surface area contributed by atoms with Crippen molar-refractivity contribution < 1.29 is 9.90 Å². The van der Waals surface area contributed by atoms with Gasteiger partial charge >= 0.3 is 5.97 Å². The standard InChI is InChI=1S/C19H23N3O2/c1-13(2)22-8-7-14(12-22)9-15-10-21-18(11-20-15)16-5-3-4-6-17(16)19(23)24/h3-6,10-11,13-14H,7-9,12H2,1-2H3,(H,23,24). The molecule has 0 spiro atoms. The van der Waals surface area contributed by atoms with Gasteiger partial charge in [0.25, 0.3) is 0 Å². The normalized spacial score (nSPS) is 18.2. The number of carboxylic acids is 1. The summed E-state index contributed by atoms with van der Waals surface area (Å²) >= 11 is 0. The van der Waals surface area contributed by atoms with Crippen LogP contribution in [0, 0.1) is 5.92 Å². The molecule has 24 heavy (non-hydrogen) atoms. The third kappa shape index (κ3) is 3.62. The molecule has 5 heteroatoms. The van der Waals surface area contributed by atoms with E-state index in [4.69, 9.17) is 0 Å². The Hall–Kier alpha value is -2.27. The summed E-state index contributed by atoms with van der Waals surface area (Å²) in [5, 5.41) is 9.29. The highest BCUT2D eigenvalue weighted by Crippen LogP contribution is 2.24. The molecule has 1 aliphatic rings. The minimum Gasteiger partial charge on any atom is -0.478 e. The number of likely N-dealkylation sites (tertiary alicyclic amines) is 1. The van der Waals surface area contributed by atoms with Crippen LogP contribution in [0.1, 0.15) is 36.3 Å². The zero-order valence-electron chi connectivity index (χ0n) is 14.1. The van der Waals surface area contributed by atoms with Crippen molar-refractivity contribution in [1.29, 1.82) is 0 Å². The van der Waals surface area contributed by atoms with Crippen LogP contribution in [0.15, 0.2) is 36.7 Å². The molecule has 0 bridgehead atoms. The predicted molar refractivity (Wildman–Crippen MR) is 92.9 cm³/mol. The molecule has 1 aliphatic heterocycles. The lowest BCUT2D eigenvalue weighted by Gasteiger charge is -2.20. The maximum atomic E-state index is 11.3. The molecule has 0 saturated carbocycles. The molecule has 1 saturated heterocycles. The van der Waals surface area contributed by atoms with Crippen molar-refractivity contribution in [3.8, 4) is 11.3 Å². The van der Waals surface area contributed by atoms with E-state index in [1.165, 1.54) is 6.42 Å². The number of hydrogen-bond donors (Lipinski definition) is 1. The summed E-state index contributed by atoms with van der Waals surface area (Å²) in [7, 11) is 0. The minimum absolute atomic E-state index is 0.253. The Labute approximate surface area is 142 Å². The number of hydrogen-bond acceptors (Lipinski definition) is 4. The van der Waals surface area contributed by atoms with E-state index in [1.807, 2.05) is 6.07 Å². The quantitative estimate of drug-likeness (QED) is 0.915. The predicted octanol–water partition coefficient (Wildman–Crippen LogP) is 3.11. The molecule has 1 atom stereocenters. The van der Waals surface area contributed by atoms with Crippen molar-refractivity contribution in [3.05, 3.63) is 47.9 Å². The highest BCUT2D eigenvalue weighted by atomic mass is 16.4. The Morgan fingerprint density at radius 1 is 1.29 bits per heavy atom. The summed E-state index contributed by atoms with van der Waals surface area (Å²) in [4.78, 5) is 22.8. The van der Waals surface area contributed by atoms with Gasteiger partial charge in [0.1, 0.15) is 0 Å². The molecule has 3 rings (SSSR count). The van der Waals surface area contributed by atoms with E-state index in [9.17, 15) is 9.90 Å². The molecule has 2 aromatic rings. The van der Waals surface area contributed by atoms with Gasteiger partial charge in [-0.1, -0.05) is 18.2 Å². The van der Waals surface area contributed by atoms with E-state index in [2.05, 4.69) is 28.7 Å². The first-order valence-corrected chi connectivity index (χ1v) is 8.42. The zero-order valence-corrected chi connectivity index (χ0v) is 14.1. The molecule has 1 unspecified atom stereocenters. The van der Waals surface area contributed by atoms with E-state index < -0.39 is 5.97 Å². The van der Waals surface area contributed by atoms with Gasteiger partial charge in [0, 0.05) is 24.3 Å². The summed E-state index contributed by atoms with van der Waals surface area (Å²) < 4.78 is 0. The van der Waals surface area contributed by atoms with Crippen molar-refractivity contribution in [1.82, 2.24) is 14.9 Å². The molecule has 0 aliphatic carbocycles. The number of carbonyl (C=O) groups is 1. The first-order chi connectivity index (χ1) is 11.5.